The van der Waals surface area contributed by atoms with Crippen molar-refractivity contribution in [3.05, 3.63) is 12.2 Å². The van der Waals surface area contributed by atoms with Gasteiger partial charge in [-0.05, 0) is 0 Å². The van der Waals surface area contributed by atoms with Gasteiger partial charge in [-0.2, -0.15) is 0 Å². The lowest BCUT2D eigenvalue weighted by atomic mass is 10.5. The van der Waals surface area contributed by atoms with Gasteiger partial charge >= 0.3 is 5.97 Å². The third-order valence-electron chi connectivity index (χ3n) is 0.561. The number of carbonyl (C=O) groups excluding carboxylic acids is 1. The Morgan fingerprint density at radius 3 is 2.88 bits per heavy atom. The fourth-order valence-electron chi connectivity index (χ4n) is 0.217. The summed E-state index contributed by atoms with van der Waals surface area (Å²) in [6, 6.07) is 0. The highest BCUT2D eigenvalue weighted by Gasteiger charge is 1.86. The van der Waals surface area contributed by atoms with Gasteiger partial charge in [0.1, 0.15) is 0 Å². The van der Waals surface area contributed by atoms with E-state index in [0.29, 0.717) is 0 Å². The summed E-state index contributed by atoms with van der Waals surface area (Å²) >= 11 is 0. The first-order valence-electron chi connectivity index (χ1n) is 2.16. The monoisotopic (exact) mass is 116 g/mol. The summed E-state index contributed by atoms with van der Waals surface area (Å²) in [5.74, 6) is -0.445. The van der Waals surface area contributed by atoms with Crippen molar-refractivity contribution < 1.29 is 14.6 Å². The highest BCUT2D eigenvalue weighted by Crippen LogP contribution is 1.74. The van der Waals surface area contributed by atoms with Crippen LogP contribution in [0.3, 0.4) is 0 Å². The first-order chi connectivity index (χ1) is 3.81. The molecule has 0 aromatic heterocycles. The first-order valence-corrected chi connectivity index (χ1v) is 2.16. The molecule has 0 aliphatic heterocycles. The zero-order chi connectivity index (χ0) is 6.41. The van der Waals surface area contributed by atoms with E-state index < -0.39 is 5.97 Å². The molecule has 0 spiro atoms. The topological polar surface area (TPSA) is 46.5 Å². The van der Waals surface area contributed by atoms with Gasteiger partial charge in [0.05, 0.1) is 13.7 Å². The van der Waals surface area contributed by atoms with E-state index in [1.165, 1.54) is 19.3 Å². The molecule has 46 valence electrons. The van der Waals surface area contributed by atoms with Crippen molar-refractivity contribution >= 4 is 5.97 Å². The molecular weight excluding hydrogens is 108 g/mol. The van der Waals surface area contributed by atoms with Crippen LogP contribution in [0.15, 0.2) is 12.2 Å². The molecule has 0 amide bonds. The van der Waals surface area contributed by atoms with Crippen LogP contribution in [0.25, 0.3) is 0 Å². The van der Waals surface area contributed by atoms with E-state index in [-0.39, 0.29) is 6.61 Å². The minimum Gasteiger partial charge on any atom is -0.466 e. The van der Waals surface area contributed by atoms with Crippen molar-refractivity contribution in [2.45, 2.75) is 0 Å². The number of carbonyl (C=O) groups is 1. The van der Waals surface area contributed by atoms with Gasteiger partial charge in [0.25, 0.3) is 0 Å². The zero-order valence-electron chi connectivity index (χ0n) is 4.63. The molecule has 0 fully saturated rings. The smallest absolute Gasteiger partial charge is 0.330 e. The van der Waals surface area contributed by atoms with Crippen LogP contribution in [-0.2, 0) is 9.53 Å². The van der Waals surface area contributed by atoms with Gasteiger partial charge in [0, 0.05) is 6.08 Å². The van der Waals surface area contributed by atoms with Crippen LogP contribution >= 0.6 is 0 Å². The molecule has 0 aliphatic carbocycles. The maximum absolute atomic E-state index is 10.2. The molecule has 8 heavy (non-hydrogen) atoms. The van der Waals surface area contributed by atoms with Crippen LogP contribution in [-0.4, -0.2) is 24.8 Å². The van der Waals surface area contributed by atoms with E-state index in [2.05, 4.69) is 4.74 Å². The minimum atomic E-state index is -0.445. The van der Waals surface area contributed by atoms with Crippen LogP contribution in [0.1, 0.15) is 0 Å². The number of esters is 1. The number of ether oxygens (including phenoxy) is 1. The highest BCUT2D eigenvalue weighted by molar-refractivity contribution is 5.81. The van der Waals surface area contributed by atoms with Gasteiger partial charge in [-0.1, -0.05) is 6.08 Å². The molecule has 0 aliphatic rings. The average molecular weight is 116 g/mol. The summed E-state index contributed by atoms with van der Waals surface area (Å²) in [6.07, 6.45) is 2.48. The Bertz CT molecular complexity index is 95.8. The molecule has 3 nitrogen and oxygen atoms in total. The van der Waals surface area contributed by atoms with Gasteiger partial charge in [0.15, 0.2) is 0 Å². The molecule has 0 radical (unpaired) electrons. The molecule has 0 aromatic rings. The lowest BCUT2D eigenvalue weighted by Gasteiger charge is -1.85. The summed E-state index contributed by atoms with van der Waals surface area (Å²) in [6.45, 7) is -0.130. The van der Waals surface area contributed by atoms with E-state index in [4.69, 9.17) is 5.11 Å². The van der Waals surface area contributed by atoms with Crippen molar-refractivity contribution in [3.63, 3.8) is 0 Å². The molecule has 0 atom stereocenters. The second-order valence-corrected chi connectivity index (χ2v) is 1.11. The number of aliphatic hydroxyl groups excluding tert-OH is 1. The number of methoxy groups -OCH3 is 1. The SMILES string of the molecule is COC(=O)/C=C\CO. The summed E-state index contributed by atoms with van der Waals surface area (Å²) in [4.78, 5) is 10.2. The van der Waals surface area contributed by atoms with E-state index in [1.54, 1.807) is 0 Å². The third-order valence-corrected chi connectivity index (χ3v) is 0.561. The fourth-order valence-corrected chi connectivity index (χ4v) is 0.217. The fraction of sp³-hybridized carbons (Fsp3) is 0.400. The molecule has 1 N–H and O–H groups in total. The summed E-state index contributed by atoms with van der Waals surface area (Å²) in [5, 5.41) is 8.12. The molecule has 0 unspecified atom stereocenters. The molecule has 0 saturated heterocycles. The maximum Gasteiger partial charge on any atom is 0.330 e. The summed E-state index contributed by atoms with van der Waals surface area (Å²) in [7, 11) is 1.28. The molecule has 0 rings (SSSR count). The Labute approximate surface area is 47.6 Å². The van der Waals surface area contributed by atoms with Crippen LogP contribution in [0.4, 0.5) is 0 Å². The van der Waals surface area contributed by atoms with E-state index in [1.807, 2.05) is 0 Å². The number of aliphatic hydroxyl groups is 1. The van der Waals surface area contributed by atoms with E-state index in [0.717, 1.165) is 0 Å². The number of hydrogen-bond donors (Lipinski definition) is 1. The van der Waals surface area contributed by atoms with E-state index in [9.17, 15) is 4.79 Å². The Balaban J connectivity index is 3.37. The first kappa shape index (κ1) is 7.17. The van der Waals surface area contributed by atoms with Crippen LogP contribution < -0.4 is 0 Å². The molecular formula is C5H8O3. The van der Waals surface area contributed by atoms with Gasteiger partial charge < -0.3 is 9.84 Å². The lowest BCUT2D eigenvalue weighted by molar-refractivity contribution is -0.134. The van der Waals surface area contributed by atoms with Crippen LogP contribution in [0.5, 0.6) is 0 Å². The summed E-state index contributed by atoms with van der Waals surface area (Å²) in [5.41, 5.74) is 0. The van der Waals surface area contributed by atoms with Crippen molar-refractivity contribution in [2.24, 2.45) is 0 Å². The van der Waals surface area contributed by atoms with Crippen molar-refractivity contribution in [2.75, 3.05) is 13.7 Å². The Hall–Kier alpha value is -0.830. The molecule has 0 bridgehead atoms. The predicted octanol–water partition coefficient (Wildman–Crippen LogP) is -0.292. The summed E-state index contributed by atoms with van der Waals surface area (Å²) < 4.78 is 4.22. The van der Waals surface area contributed by atoms with Crippen molar-refractivity contribution in [1.29, 1.82) is 0 Å². The molecule has 0 saturated carbocycles. The van der Waals surface area contributed by atoms with E-state index >= 15 is 0 Å². The second kappa shape index (κ2) is 4.33. The Morgan fingerprint density at radius 2 is 2.50 bits per heavy atom. The second-order valence-electron chi connectivity index (χ2n) is 1.11. The van der Waals surface area contributed by atoms with Gasteiger partial charge in [-0.15, -0.1) is 0 Å². The average Bonchev–Trinajstić information content (AvgIpc) is 1.83. The Morgan fingerprint density at radius 1 is 1.88 bits per heavy atom. The normalized spacial score (nSPS) is 9.75. The van der Waals surface area contributed by atoms with Crippen molar-refractivity contribution in [1.82, 2.24) is 0 Å². The Kier molecular flexibility index (Phi) is 3.88. The lowest BCUT2D eigenvalue weighted by Crippen LogP contribution is -1.93. The van der Waals surface area contributed by atoms with Crippen molar-refractivity contribution in [3.8, 4) is 0 Å². The van der Waals surface area contributed by atoms with Crippen LogP contribution in [0.2, 0.25) is 0 Å². The molecule has 0 heterocycles. The van der Waals surface area contributed by atoms with Crippen LogP contribution in [0, 0.1) is 0 Å². The largest absolute Gasteiger partial charge is 0.466 e. The quantitative estimate of drug-likeness (QED) is 0.398. The molecule has 3 heteroatoms. The van der Waals surface area contributed by atoms with Gasteiger partial charge in [-0.3, -0.25) is 0 Å². The maximum atomic E-state index is 10.2. The predicted molar refractivity (Wildman–Crippen MR) is 28.2 cm³/mol. The van der Waals surface area contributed by atoms with Gasteiger partial charge in [0.2, 0.25) is 0 Å². The molecule has 0 aromatic carbocycles. The number of hydrogen-bond acceptors (Lipinski definition) is 3. The highest BCUT2D eigenvalue weighted by atomic mass is 16.5. The zero-order valence-corrected chi connectivity index (χ0v) is 4.63. The minimum absolute atomic E-state index is 0.130. The standard InChI is InChI=1S/C5H8O3/c1-8-5(7)3-2-4-6/h2-3,6H,4H2,1H3/b3-2-. The van der Waals surface area contributed by atoms with Gasteiger partial charge in [-0.25, -0.2) is 4.79 Å². The third kappa shape index (κ3) is 3.36. The number of rotatable bonds is 2.